The van der Waals surface area contributed by atoms with E-state index in [9.17, 15) is 4.79 Å². The number of nitrogens with zero attached hydrogens (tertiary/aromatic N) is 3. The third-order valence-corrected chi connectivity index (χ3v) is 4.76. The van der Waals surface area contributed by atoms with Crippen molar-refractivity contribution in [2.45, 2.75) is 18.9 Å². The number of nitrogens with two attached hydrogens (primary N) is 1. The van der Waals surface area contributed by atoms with Crippen molar-refractivity contribution in [3.05, 3.63) is 10.9 Å². The van der Waals surface area contributed by atoms with Crippen LogP contribution in [0.2, 0.25) is 0 Å². The van der Waals surface area contributed by atoms with Crippen molar-refractivity contribution in [3.63, 3.8) is 0 Å². The van der Waals surface area contributed by atoms with Crippen molar-refractivity contribution >= 4 is 27.9 Å². The number of amides is 1. The summed E-state index contributed by atoms with van der Waals surface area (Å²) in [5, 5.41) is 1.12. The van der Waals surface area contributed by atoms with Crippen LogP contribution in [0, 0.1) is 0 Å². The second-order valence-electron chi connectivity index (χ2n) is 5.82. The van der Waals surface area contributed by atoms with Crippen LogP contribution in [0.1, 0.15) is 22.5 Å². The van der Waals surface area contributed by atoms with E-state index < -0.39 is 0 Å². The maximum Gasteiger partial charge on any atom is 0.265 e. The van der Waals surface area contributed by atoms with Gasteiger partial charge in [0.25, 0.3) is 5.91 Å². The van der Waals surface area contributed by atoms with Crippen LogP contribution in [0.4, 0.5) is 10.7 Å². The molecule has 20 heavy (non-hydrogen) atoms. The van der Waals surface area contributed by atoms with Crippen molar-refractivity contribution in [3.8, 4) is 0 Å². The number of nitrogen functional groups attached to an aromatic ring is 1. The van der Waals surface area contributed by atoms with Gasteiger partial charge in [0, 0.05) is 33.2 Å². The molecule has 1 aliphatic heterocycles. The van der Waals surface area contributed by atoms with Gasteiger partial charge in [-0.15, -0.1) is 11.3 Å². The van der Waals surface area contributed by atoms with Crippen LogP contribution in [-0.2, 0) is 0 Å². The molecule has 6 heteroatoms. The summed E-state index contributed by atoms with van der Waals surface area (Å²) in [6, 6.07) is 2.47. The van der Waals surface area contributed by atoms with E-state index in [-0.39, 0.29) is 5.91 Å². The lowest BCUT2D eigenvalue weighted by atomic mass is 10.2. The minimum absolute atomic E-state index is 0.0119. The standard InChI is InChI=1S/C14H24N4OS/c1-16(2)9-10-6-5-7-18(10)12-8-11(15)13(20-12)14(19)17(3)4/h8,10H,5-7,9,15H2,1-4H3. The van der Waals surface area contributed by atoms with E-state index in [4.69, 9.17) is 5.73 Å². The van der Waals surface area contributed by atoms with Crippen LogP contribution in [0.5, 0.6) is 0 Å². The van der Waals surface area contributed by atoms with Crippen molar-refractivity contribution in [2.75, 3.05) is 51.9 Å². The van der Waals surface area contributed by atoms with Crippen LogP contribution >= 0.6 is 11.3 Å². The molecule has 1 aromatic rings. The highest BCUT2D eigenvalue weighted by Crippen LogP contribution is 2.36. The zero-order valence-corrected chi connectivity index (χ0v) is 13.5. The molecular weight excluding hydrogens is 272 g/mol. The third-order valence-electron chi connectivity index (χ3n) is 3.58. The smallest absolute Gasteiger partial charge is 0.265 e. The SMILES string of the molecule is CN(C)CC1CCCN1c1cc(N)c(C(=O)N(C)C)s1. The number of anilines is 2. The Hall–Kier alpha value is -1.27. The quantitative estimate of drug-likeness (QED) is 0.916. The monoisotopic (exact) mass is 296 g/mol. The van der Waals surface area contributed by atoms with E-state index in [0.29, 0.717) is 16.6 Å². The van der Waals surface area contributed by atoms with Crippen LogP contribution in [0.3, 0.4) is 0 Å². The highest BCUT2D eigenvalue weighted by molar-refractivity contribution is 7.18. The van der Waals surface area contributed by atoms with E-state index in [1.807, 2.05) is 6.07 Å². The normalized spacial score (nSPS) is 18.9. The Morgan fingerprint density at radius 3 is 2.75 bits per heavy atom. The third kappa shape index (κ3) is 3.07. The predicted molar refractivity (Wildman–Crippen MR) is 85.7 cm³/mol. The number of hydrogen-bond acceptors (Lipinski definition) is 5. The minimum Gasteiger partial charge on any atom is -0.397 e. The zero-order chi connectivity index (χ0) is 14.9. The van der Waals surface area contributed by atoms with E-state index >= 15 is 0 Å². The molecule has 0 saturated carbocycles. The molecular formula is C14H24N4OS. The molecule has 1 fully saturated rings. The Kier molecular flexibility index (Phi) is 4.55. The van der Waals surface area contributed by atoms with Crippen LogP contribution in [0.25, 0.3) is 0 Å². The van der Waals surface area contributed by atoms with Crippen molar-refractivity contribution < 1.29 is 4.79 Å². The summed E-state index contributed by atoms with van der Waals surface area (Å²) in [5.74, 6) is -0.0119. The largest absolute Gasteiger partial charge is 0.397 e. The molecule has 1 saturated heterocycles. The van der Waals surface area contributed by atoms with Crippen molar-refractivity contribution in [2.24, 2.45) is 0 Å². The number of carbonyl (C=O) groups is 1. The molecule has 2 heterocycles. The molecule has 1 unspecified atom stereocenters. The molecule has 0 aliphatic carbocycles. The van der Waals surface area contributed by atoms with Gasteiger partial charge in [-0.05, 0) is 33.0 Å². The summed E-state index contributed by atoms with van der Waals surface area (Å²) in [4.78, 5) is 18.9. The van der Waals surface area contributed by atoms with E-state index in [1.165, 1.54) is 24.2 Å². The number of hydrogen-bond donors (Lipinski definition) is 1. The Labute approximate surface area is 124 Å². The Balaban J connectivity index is 2.21. The fraction of sp³-hybridized carbons (Fsp3) is 0.643. The lowest BCUT2D eigenvalue weighted by Gasteiger charge is -2.27. The summed E-state index contributed by atoms with van der Waals surface area (Å²) >= 11 is 1.52. The molecule has 1 aliphatic rings. The molecule has 112 valence electrons. The van der Waals surface area contributed by atoms with Gasteiger partial charge in [0.05, 0.1) is 10.7 Å². The number of carbonyl (C=O) groups excluding carboxylic acids is 1. The van der Waals surface area contributed by atoms with Gasteiger partial charge in [-0.25, -0.2) is 0 Å². The van der Waals surface area contributed by atoms with Gasteiger partial charge < -0.3 is 20.4 Å². The molecule has 5 nitrogen and oxygen atoms in total. The molecule has 0 aromatic carbocycles. The second-order valence-corrected chi connectivity index (χ2v) is 6.85. The van der Waals surface area contributed by atoms with Crippen molar-refractivity contribution in [1.82, 2.24) is 9.80 Å². The average molecular weight is 296 g/mol. The summed E-state index contributed by atoms with van der Waals surface area (Å²) in [6.07, 6.45) is 2.40. The van der Waals surface area contributed by atoms with E-state index in [2.05, 4.69) is 23.9 Å². The molecule has 1 aromatic heterocycles. The topological polar surface area (TPSA) is 52.8 Å². The van der Waals surface area contributed by atoms with Gasteiger partial charge in [0.2, 0.25) is 0 Å². The van der Waals surface area contributed by atoms with Crippen molar-refractivity contribution in [1.29, 1.82) is 0 Å². The Morgan fingerprint density at radius 2 is 2.15 bits per heavy atom. The fourth-order valence-corrected chi connectivity index (χ4v) is 3.84. The average Bonchev–Trinajstić information content (AvgIpc) is 2.93. The molecule has 1 atom stereocenters. The summed E-state index contributed by atoms with van der Waals surface area (Å²) in [7, 11) is 7.71. The maximum absolute atomic E-state index is 12.1. The Morgan fingerprint density at radius 1 is 1.45 bits per heavy atom. The van der Waals surface area contributed by atoms with Crippen LogP contribution < -0.4 is 10.6 Å². The first-order valence-corrected chi connectivity index (χ1v) is 7.74. The summed E-state index contributed by atoms with van der Waals surface area (Å²) in [5.41, 5.74) is 6.62. The molecule has 0 radical (unpaired) electrons. The number of likely N-dealkylation sites (N-methyl/N-ethyl adjacent to an activating group) is 1. The van der Waals surface area contributed by atoms with Gasteiger partial charge in [-0.3, -0.25) is 4.79 Å². The highest BCUT2D eigenvalue weighted by atomic mass is 32.1. The fourth-order valence-electron chi connectivity index (χ4n) is 2.64. The molecule has 2 rings (SSSR count). The minimum atomic E-state index is -0.0119. The summed E-state index contributed by atoms with van der Waals surface area (Å²) in [6.45, 7) is 2.09. The lowest BCUT2D eigenvalue weighted by Crippen LogP contribution is -2.37. The molecule has 0 bridgehead atoms. The number of thiophene rings is 1. The zero-order valence-electron chi connectivity index (χ0n) is 12.7. The van der Waals surface area contributed by atoms with E-state index in [1.54, 1.807) is 19.0 Å². The van der Waals surface area contributed by atoms with Gasteiger partial charge in [0.15, 0.2) is 0 Å². The number of rotatable bonds is 4. The second kappa shape index (κ2) is 6.01. The highest BCUT2D eigenvalue weighted by Gasteiger charge is 2.28. The first-order valence-electron chi connectivity index (χ1n) is 6.92. The molecule has 2 N–H and O–H groups in total. The predicted octanol–water partition coefficient (Wildman–Crippen LogP) is 1.56. The van der Waals surface area contributed by atoms with Gasteiger partial charge >= 0.3 is 0 Å². The van der Waals surface area contributed by atoms with Gasteiger partial charge in [-0.2, -0.15) is 0 Å². The molecule has 1 amide bonds. The Bertz CT molecular complexity index is 484. The summed E-state index contributed by atoms with van der Waals surface area (Å²) < 4.78 is 0. The van der Waals surface area contributed by atoms with Gasteiger partial charge in [0.1, 0.15) is 4.88 Å². The first-order chi connectivity index (χ1) is 9.40. The molecule has 0 spiro atoms. The van der Waals surface area contributed by atoms with Crippen LogP contribution in [-0.4, -0.2) is 63.0 Å². The maximum atomic E-state index is 12.1. The van der Waals surface area contributed by atoms with Gasteiger partial charge in [-0.1, -0.05) is 0 Å². The van der Waals surface area contributed by atoms with Crippen LogP contribution in [0.15, 0.2) is 6.07 Å². The first kappa shape index (κ1) is 15.1. The van der Waals surface area contributed by atoms with E-state index in [0.717, 1.165) is 18.1 Å². The lowest BCUT2D eigenvalue weighted by molar-refractivity contribution is 0.0833.